The topological polar surface area (TPSA) is 58.9 Å². The lowest BCUT2D eigenvalue weighted by Gasteiger charge is -2.28. The minimum absolute atomic E-state index is 0.141. The van der Waals surface area contributed by atoms with Crippen LogP contribution in [0.1, 0.15) is 150 Å². The first-order valence-corrected chi connectivity index (χ1v) is 21.7. The molecule has 1 aliphatic rings. The van der Waals surface area contributed by atoms with Crippen LogP contribution in [-0.4, -0.2) is 34.1 Å². The van der Waals surface area contributed by atoms with Gasteiger partial charge < -0.3 is 19.7 Å². The SMILES string of the molecule is CC(C)(C)c1cc2c(O)c(c1)Cc1cc(C(C)(C)C)cc(c1OCCBr)Cc1cc(C(C)(C)C)cc(c1O)Cc1cc(C(C)(C)C)cc(c1OCCBr)C2. The molecule has 4 aromatic rings. The van der Waals surface area contributed by atoms with E-state index in [9.17, 15) is 10.2 Å². The average Bonchev–Trinajstić information content (AvgIpc) is 3.04. The summed E-state index contributed by atoms with van der Waals surface area (Å²) in [5, 5.41) is 26.0. The van der Waals surface area contributed by atoms with Gasteiger partial charge in [0.15, 0.2) is 0 Å². The van der Waals surface area contributed by atoms with Crippen molar-refractivity contribution in [1.82, 2.24) is 0 Å². The molecule has 0 atom stereocenters. The van der Waals surface area contributed by atoms with Crippen molar-refractivity contribution in [2.24, 2.45) is 0 Å². The number of phenols is 2. The summed E-state index contributed by atoms with van der Waals surface area (Å²) < 4.78 is 13.3. The van der Waals surface area contributed by atoms with E-state index in [1.807, 2.05) is 0 Å². The van der Waals surface area contributed by atoms with E-state index in [0.29, 0.717) is 61.1 Å². The molecule has 8 bridgehead atoms. The van der Waals surface area contributed by atoms with Crippen molar-refractivity contribution >= 4 is 31.9 Å². The lowest BCUT2D eigenvalue weighted by atomic mass is 9.79. The van der Waals surface area contributed by atoms with E-state index >= 15 is 0 Å². The number of hydrogen-bond donors (Lipinski definition) is 2. The molecule has 0 amide bonds. The molecule has 54 heavy (non-hydrogen) atoms. The van der Waals surface area contributed by atoms with E-state index in [4.69, 9.17) is 9.47 Å². The van der Waals surface area contributed by atoms with Crippen molar-refractivity contribution in [1.29, 1.82) is 0 Å². The second-order valence-electron chi connectivity index (χ2n) is 19.3. The first kappa shape index (κ1) is 42.2. The highest BCUT2D eigenvalue weighted by atomic mass is 79.9. The fourth-order valence-electron chi connectivity index (χ4n) is 7.30. The second kappa shape index (κ2) is 15.9. The first-order valence-electron chi connectivity index (χ1n) is 19.4. The second-order valence-corrected chi connectivity index (χ2v) is 20.9. The monoisotopic (exact) mass is 860 g/mol. The molecule has 0 radical (unpaired) electrons. The molecule has 0 heterocycles. The summed E-state index contributed by atoms with van der Waals surface area (Å²) in [6.45, 7) is 27.8. The quantitative estimate of drug-likeness (QED) is 0.167. The molecule has 1 aliphatic carbocycles. The zero-order valence-corrected chi connectivity index (χ0v) is 37.9. The Bertz CT molecular complexity index is 1760. The van der Waals surface area contributed by atoms with Crippen molar-refractivity contribution in [3.05, 3.63) is 115 Å². The number of rotatable bonds is 6. The summed E-state index contributed by atoms with van der Waals surface area (Å²) in [5.74, 6) is 2.28. The first-order chi connectivity index (χ1) is 25.0. The summed E-state index contributed by atoms with van der Waals surface area (Å²) in [4.78, 5) is 0. The molecule has 4 aromatic carbocycles. The Balaban J connectivity index is 1.95. The molecular formula is C48H62Br2O4. The van der Waals surface area contributed by atoms with Gasteiger partial charge in [-0.05, 0) is 88.4 Å². The predicted molar refractivity (Wildman–Crippen MR) is 234 cm³/mol. The molecule has 2 N–H and O–H groups in total. The molecule has 5 rings (SSSR count). The third kappa shape index (κ3) is 9.52. The Kier molecular flexibility index (Phi) is 12.4. The molecule has 0 aliphatic heterocycles. The van der Waals surface area contributed by atoms with Crippen LogP contribution in [0.2, 0.25) is 0 Å². The normalized spacial score (nSPS) is 13.9. The minimum Gasteiger partial charge on any atom is -0.507 e. The van der Waals surface area contributed by atoms with Gasteiger partial charge in [0, 0.05) is 36.3 Å². The van der Waals surface area contributed by atoms with E-state index in [2.05, 4.69) is 163 Å². The van der Waals surface area contributed by atoms with Crippen LogP contribution in [0.5, 0.6) is 23.0 Å². The Morgan fingerprint density at radius 2 is 0.611 bits per heavy atom. The van der Waals surface area contributed by atoms with Gasteiger partial charge in [-0.3, -0.25) is 0 Å². The van der Waals surface area contributed by atoms with Crippen molar-refractivity contribution < 1.29 is 19.7 Å². The maximum Gasteiger partial charge on any atom is 0.126 e. The van der Waals surface area contributed by atoms with E-state index in [-0.39, 0.29) is 21.7 Å². The highest BCUT2D eigenvalue weighted by Gasteiger charge is 2.28. The van der Waals surface area contributed by atoms with Crippen LogP contribution in [0.15, 0.2) is 48.5 Å². The van der Waals surface area contributed by atoms with E-state index in [0.717, 1.165) is 56.0 Å². The fourth-order valence-corrected chi connectivity index (χ4v) is 7.62. The highest BCUT2D eigenvalue weighted by Crippen LogP contribution is 2.43. The number of alkyl halides is 2. The molecule has 0 saturated heterocycles. The van der Waals surface area contributed by atoms with E-state index in [1.165, 1.54) is 22.3 Å². The Hall–Kier alpha value is -2.96. The lowest BCUT2D eigenvalue weighted by Crippen LogP contribution is -2.17. The standard InChI is InChI=1S/C48H62Br2O4/c1-45(2,3)37-21-29-17-33-25-39(47(7,8)9)27-35(43(33)53-15-13-49)19-31-23-38(46(4,5)6)24-32(42(31)52)20-36-28-40(48(10,11)12)26-34(44(36)54-16-14-50)18-30(22-37)41(29)51/h21-28,51-52H,13-20H2,1-12H3. The third-order valence-corrected chi connectivity index (χ3v) is 11.3. The maximum absolute atomic E-state index is 12.3. The molecular weight excluding hydrogens is 800 g/mol. The van der Waals surface area contributed by atoms with Crippen LogP contribution in [0.4, 0.5) is 0 Å². The van der Waals surface area contributed by atoms with Crippen molar-refractivity contribution in [2.45, 2.75) is 130 Å². The predicted octanol–water partition coefficient (Wildman–Crippen LogP) is 12.5. The van der Waals surface area contributed by atoms with Crippen LogP contribution < -0.4 is 9.47 Å². The van der Waals surface area contributed by atoms with Gasteiger partial charge in [-0.1, -0.05) is 163 Å². The Morgan fingerprint density at radius 3 is 0.796 bits per heavy atom. The van der Waals surface area contributed by atoms with Gasteiger partial charge in [0.1, 0.15) is 23.0 Å². The number of aromatic hydroxyl groups is 2. The number of phenolic OH excluding ortho intramolecular Hbond substituents is 2. The van der Waals surface area contributed by atoms with Crippen LogP contribution >= 0.6 is 31.9 Å². The molecule has 4 nitrogen and oxygen atoms in total. The summed E-state index contributed by atoms with van der Waals surface area (Å²) in [6.07, 6.45) is 1.99. The molecule has 0 aromatic heterocycles. The van der Waals surface area contributed by atoms with Gasteiger partial charge in [-0.25, -0.2) is 0 Å². The number of ether oxygens (including phenoxy) is 2. The van der Waals surface area contributed by atoms with Gasteiger partial charge in [0.25, 0.3) is 0 Å². The summed E-state index contributed by atoms with van der Waals surface area (Å²) in [6, 6.07) is 17.8. The van der Waals surface area contributed by atoms with Gasteiger partial charge in [0.05, 0.1) is 13.2 Å². The van der Waals surface area contributed by atoms with E-state index in [1.54, 1.807) is 0 Å². The molecule has 0 unspecified atom stereocenters. The fraction of sp³-hybridized carbons (Fsp3) is 0.500. The van der Waals surface area contributed by atoms with Crippen molar-refractivity contribution in [2.75, 3.05) is 23.9 Å². The van der Waals surface area contributed by atoms with Crippen LogP contribution in [0, 0.1) is 0 Å². The minimum atomic E-state index is -0.148. The number of benzene rings is 4. The number of hydrogen-bond acceptors (Lipinski definition) is 4. The van der Waals surface area contributed by atoms with Crippen LogP contribution in [0.25, 0.3) is 0 Å². The Labute approximate surface area is 342 Å². The van der Waals surface area contributed by atoms with Crippen molar-refractivity contribution in [3.63, 3.8) is 0 Å². The third-order valence-electron chi connectivity index (χ3n) is 10.7. The van der Waals surface area contributed by atoms with Crippen molar-refractivity contribution in [3.8, 4) is 23.0 Å². The van der Waals surface area contributed by atoms with Gasteiger partial charge in [-0.15, -0.1) is 0 Å². The van der Waals surface area contributed by atoms with Crippen LogP contribution in [0.3, 0.4) is 0 Å². The van der Waals surface area contributed by atoms with E-state index < -0.39 is 0 Å². The largest absolute Gasteiger partial charge is 0.507 e. The maximum atomic E-state index is 12.3. The number of fused-ring (bicyclic) bond motifs is 8. The molecule has 0 saturated carbocycles. The van der Waals surface area contributed by atoms with Gasteiger partial charge >= 0.3 is 0 Å². The molecule has 0 fully saturated rings. The van der Waals surface area contributed by atoms with Gasteiger partial charge in [0.2, 0.25) is 0 Å². The molecule has 0 spiro atoms. The highest BCUT2D eigenvalue weighted by molar-refractivity contribution is 9.09. The summed E-state index contributed by atoms with van der Waals surface area (Å²) >= 11 is 7.20. The molecule has 292 valence electrons. The lowest BCUT2D eigenvalue weighted by molar-refractivity contribution is 0.337. The zero-order chi connectivity index (χ0) is 40.0. The average molecular weight is 863 g/mol. The smallest absolute Gasteiger partial charge is 0.126 e. The van der Waals surface area contributed by atoms with Gasteiger partial charge in [-0.2, -0.15) is 0 Å². The van der Waals surface area contributed by atoms with Crippen LogP contribution in [-0.2, 0) is 47.3 Å². The molecule has 6 heteroatoms. The summed E-state index contributed by atoms with van der Waals surface area (Å²) in [7, 11) is 0. The summed E-state index contributed by atoms with van der Waals surface area (Å²) in [5.41, 5.74) is 11.8. The Morgan fingerprint density at radius 1 is 0.407 bits per heavy atom. The zero-order valence-electron chi connectivity index (χ0n) is 34.7. The number of halogens is 2.